The average molecular weight is 264 g/mol. The van der Waals surface area contributed by atoms with Crippen LogP contribution in [0.15, 0.2) is 35.7 Å². The van der Waals surface area contributed by atoms with Crippen LogP contribution in [0.25, 0.3) is 0 Å². The van der Waals surface area contributed by atoms with Crippen molar-refractivity contribution in [3.63, 3.8) is 0 Å². The van der Waals surface area contributed by atoms with E-state index in [0.717, 1.165) is 16.5 Å². The van der Waals surface area contributed by atoms with E-state index in [1.807, 2.05) is 31.3 Å². The maximum Gasteiger partial charge on any atom is 0.186 e. The van der Waals surface area contributed by atoms with E-state index in [-0.39, 0.29) is 5.25 Å². The topological polar surface area (TPSA) is 66.0 Å². The molecule has 0 fully saturated rings. The van der Waals surface area contributed by atoms with Crippen LogP contribution in [0.5, 0.6) is 5.75 Å². The number of rotatable bonds is 5. The summed E-state index contributed by atoms with van der Waals surface area (Å²) in [6, 6.07) is 7.90. The van der Waals surface area contributed by atoms with Gasteiger partial charge in [0.25, 0.3) is 0 Å². The number of aryl methyl sites for hydroxylation is 1. The SMILES string of the molecule is COc1ccccc1C(CN)Sc1ncnn1C. The lowest BCUT2D eigenvalue weighted by Gasteiger charge is -2.16. The second-order valence-corrected chi connectivity index (χ2v) is 4.92. The Hall–Kier alpha value is -1.53. The van der Waals surface area contributed by atoms with Crippen LogP contribution in [-0.4, -0.2) is 28.4 Å². The lowest BCUT2D eigenvalue weighted by molar-refractivity contribution is 0.409. The van der Waals surface area contributed by atoms with Gasteiger partial charge < -0.3 is 10.5 Å². The molecule has 2 rings (SSSR count). The summed E-state index contributed by atoms with van der Waals surface area (Å²) in [6.45, 7) is 0.512. The van der Waals surface area contributed by atoms with Gasteiger partial charge in [-0.1, -0.05) is 30.0 Å². The molecule has 0 aliphatic carbocycles. The Morgan fingerprint density at radius 3 is 2.83 bits per heavy atom. The standard InChI is InChI=1S/C12H16N4OS/c1-16-12(14-8-15-16)18-11(7-13)9-5-3-4-6-10(9)17-2/h3-6,8,11H,7,13H2,1-2H3. The van der Waals surface area contributed by atoms with Crippen LogP contribution in [-0.2, 0) is 7.05 Å². The zero-order chi connectivity index (χ0) is 13.0. The minimum atomic E-state index is 0.101. The van der Waals surface area contributed by atoms with Crippen molar-refractivity contribution in [1.82, 2.24) is 14.8 Å². The van der Waals surface area contributed by atoms with E-state index in [9.17, 15) is 0 Å². The Balaban J connectivity index is 2.25. The van der Waals surface area contributed by atoms with Gasteiger partial charge in [0.15, 0.2) is 5.16 Å². The van der Waals surface area contributed by atoms with Crippen molar-refractivity contribution < 1.29 is 4.74 Å². The Bertz CT molecular complexity index is 514. The third-order valence-corrected chi connectivity index (χ3v) is 3.93. The summed E-state index contributed by atoms with van der Waals surface area (Å²) in [6.07, 6.45) is 1.54. The molecule has 1 aromatic heterocycles. The van der Waals surface area contributed by atoms with Gasteiger partial charge in [-0.05, 0) is 6.07 Å². The lowest BCUT2D eigenvalue weighted by Crippen LogP contribution is -2.11. The summed E-state index contributed by atoms with van der Waals surface area (Å²) in [5.41, 5.74) is 6.94. The third kappa shape index (κ3) is 2.65. The van der Waals surface area contributed by atoms with Crippen LogP contribution < -0.4 is 10.5 Å². The van der Waals surface area contributed by atoms with Crippen molar-refractivity contribution in [2.24, 2.45) is 12.8 Å². The molecule has 0 saturated carbocycles. The molecule has 1 heterocycles. The summed E-state index contributed by atoms with van der Waals surface area (Å²) in [4.78, 5) is 4.20. The number of methoxy groups -OCH3 is 1. The first kappa shape index (κ1) is 12.9. The lowest BCUT2D eigenvalue weighted by atomic mass is 10.1. The summed E-state index contributed by atoms with van der Waals surface area (Å²) in [7, 11) is 3.53. The molecule has 0 bridgehead atoms. The quantitative estimate of drug-likeness (QED) is 0.831. The number of hydrogen-bond acceptors (Lipinski definition) is 5. The molecule has 1 aromatic carbocycles. The molecule has 5 nitrogen and oxygen atoms in total. The second kappa shape index (κ2) is 5.88. The Morgan fingerprint density at radius 1 is 1.44 bits per heavy atom. The van der Waals surface area contributed by atoms with Crippen molar-refractivity contribution in [2.45, 2.75) is 10.4 Å². The molecule has 0 spiro atoms. The molecule has 0 aliphatic heterocycles. The molecule has 0 amide bonds. The Kier molecular flexibility index (Phi) is 4.22. The van der Waals surface area contributed by atoms with Crippen LogP contribution in [0.2, 0.25) is 0 Å². The van der Waals surface area contributed by atoms with E-state index in [1.165, 1.54) is 6.33 Å². The molecule has 0 radical (unpaired) electrons. The molecule has 6 heteroatoms. The van der Waals surface area contributed by atoms with E-state index in [4.69, 9.17) is 10.5 Å². The smallest absolute Gasteiger partial charge is 0.186 e. The highest BCUT2D eigenvalue weighted by atomic mass is 32.2. The third-order valence-electron chi connectivity index (χ3n) is 2.62. The maximum absolute atomic E-state index is 5.86. The number of para-hydroxylation sites is 1. The molecule has 2 N–H and O–H groups in total. The predicted octanol–water partition coefficient (Wildman–Crippen LogP) is 1.62. The van der Waals surface area contributed by atoms with Gasteiger partial charge in [0.1, 0.15) is 12.1 Å². The van der Waals surface area contributed by atoms with Gasteiger partial charge >= 0.3 is 0 Å². The molecule has 0 aliphatic rings. The first-order chi connectivity index (χ1) is 8.76. The summed E-state index contributed by atoms with van der Waals surface area (Å²) in [5, 5.41) is 5.00. The zero-order valence-corrected chi connectivity index (χ0v) is 11.2. The van der Waals surface area contributed by atoms with Gasteiger partial charge in [-0.3, -0.25) is 0 Å². The number of aromatic nitrogens is 3. The normalized spacial score (nSPS) is 12.4. The van der Waals surface area contributed by atoms with Crippen LogP contribution in [0.3, 0.4) is 0 Å². The van der Waals surface area contributed by atoms with Crippen molar-refractivity contribution in [2.75, 3.05) is 13.7 Å². The van der Waals surface area contributed by atoms with Gasteiger partial charge in [0, 0.05) is 19.2 Å². The van der Waals surface area contributed by atoms with Crippen LogP contribution >= 0.6 is 11.8 Å². The number of thioether (sulfide) groups is 1. The van der Waals surface area contributed by atoms with Crippen molar-refractivity contribution in [3.8, 4) is 5.75 Å². The largest absolute Gasteiger partial charge is 0.496 e. The highest BCUT2D eigenvalue weighted by Gasteiger charge is 2.17. The monoisotopic (exact) mass is 264 g/mol. The fraction of sp³-hybridized carbons (Fsp3) is 0.333. The van der Waals surface area contributed by atoms with Crippen LogP contribution in [0.1, 0.15) is 10.8 Å². The van der Waals surface area contributed by atoms with Gasteiger partial charge in [-0.25, -0.2) is 9.67 Å². The van der Waals surface area contributed by atoms with Gasteiger partial charge in [0.05, 0.1) is 12.4 Å². The van der Waals surface area contributed by atoms with E-state index < -0.39 is 0 Å². The maximum atomic E-state index is 5.86. The number of nitrogens with two attached hydrogens (primary N) is 1. The molecule has 1 atom stereocenters. The first-order valence-electron chi connectivity index (χ1n) is 5.60. The fourth-order valence-electron chi connectivity index (χ4n) is 1.69. The number of benzene rings is 1. The average Bonchev–Trinajstić information content (AvgIpc) is 2.81. The molecule has 18 heavy (non-hydrogen) atoms. The number of ether oxygens (including phenoxy) is 1. The summed E-state index contributed by atoms with van der Waals surface area (Å²) in [5.74, 6) is 0.850. The van der Waals surface area contributed by atoms with Gasteiger partial charge in [0.2, 0.25) is 0 Å². The van der Waals surface area contributed by atoms with Crippen LogP contribution in [0.4, 0.5) is 0 Å². The highest BCUT2D eigenvalue weighted by Crippen LogP contribution is 2.37. The summed E-state index contributed by atoms with van der Waals surface area (Å²) < 4.78 is 7.10. The van der Waals surface area contributed by atoms with Crippen LogP contribution in [0, 0.1) is 0 Å². The minimum Gasteiger partial charge on any atom is -0.496 e. The van der Waals surface area contributed by atoms with E-state index in [0.29, 0.717) is 6.54 Å². The molecular formula is C12H16N4OS. The Morgan fingerprint density at radius 2 is 2.22 bits per heavy atom. The second-order valence-electron chi connectivity index (χ2n) is 3.75. The molecule has 2 aromatic rings. The number of hydrogen-bond donors (Lipinski definition) is 1. The number of nitrogens with zero attached hydrogens (tertiary/aromatic N) is 3. The minimum absolute atomic E-state index is 0.101. The van der Waals surface area contributed by atoms with E-state index in [1.54, 1.807) is 23.6 Å². The van der Waals surface area contributed by atoms with E-state index in [2.05, 4.69) is 10.1 Å². The highest BCUT2D eigenvalue weighted by molar-refractivity contribution is 7.99. The van der Waals surface area contributed by atoms with Crippen molar-refractivity contribution >= 4 is 11.8 Å². The molecule has 96 valence electrons. The first-order valence-corrected chi connectivity index (χ1v) is 6.48. The fourth-order valence-corrected chi connectivity index (χ4v) is 2.67. The van der Waals surface area contributed by atoms with Crippen molar-refractivity contribution in [1.29, 1.82) is 0 Å². The van der Waals surface area contributed by atoms with Crippen molar-refractivity contribution in [3.05, 3.63) is 36.2 Å². The van der Waals surface area contributed by atoms with E-state index >= 15 is 0 Å². The predicted molar refractivity (Wildman–Crippen MR) is 71.6 cm³/mol. The van der Waals surface area contributed by atoms with Gasteiger partial charge in [-0.2, -0.15) is 5.10 Å². The molecule has 1 unspecified atom stereocenters. The molecule has 0 saturated heterocycles. The van der Waals surface area contributed by atoms with Gasteiger partial charge in [-0.15, -0.1) is 0 Å². The summed E-state index contributed by atoms with van der Waals surface area (Å²) >= 11 is 1.59. The zero-order valence-electron chi connectivity index (χ0n) is 10.4. The Labute approximate surface area is 110 Å². The molecular weight excluding hydrogens is 248 g/mol.